The summed E-state index contributed by atoms with van der Waals surface area (Å²) in [5.74, 6) is 0.920. The van der Waals surface area contributed by atoms with Crippen LogP contribution in [0.5, 0.6) is 0 Å². The Morgan fingerprint density at radius 3 is 2.89 bits per heavy atom. The Morgan fingerprint density at radius 1 is 1.26 bits per heavy atom. The van der Waals surface area contributed by atoms with Gasteiger partial charge in [0.05, 0.1) is 24.1 Å². The summed E-state index contributed by atoms with van der Waals surface area (Å²) in [6, 6.07) is 4.46. The lowest BCUT2D eigenvalue weighted by molar-refractivity contribution is 0.705. The molecule has 19 heavy (non-hydrogen) atoms. The van der Waals surface area contributed by atoms with Crippen LogP contribution in [-0.2, 0) is 6.54 Å². The van der Waals surface area contributed by atoms with Crippen LogP contribution < -0.4 is 10.6 Å². The highest BCUT2D eigenvalue weighted by molar-refractivity contribution is 5.41. The summed E-state index contributed by atoms with van der Waals surface area (Å²) in [4.78, 5) is 15.3. The largest absolute Gasteiger partial charge is 0.348 e. The number of aromatic nitrogens is 3. The number of pyridine rings is 1. The van der Waals surface area contributed by atoms with E-state index in [2.05, 4.69) is 25.9 Å². The van der Waals surface area contributed by atoms with Gasteiger partial charge in [-0.25, -0.2) is 4.98 Å². The molecule has 1 atom stereocenters. The summed E-state index contributed by atoms with van der Waals surface area (Å²) in [5, 5.41) is 0. The molecule has 0 aromatic carbocycles. The third-order valence-electron chi connectivity index (χ3n) is 3.52. The molecule has 3 heterocycles. The number of hydrogen-bond acceptors (Lipinski definition) is 5. The molecular formula is C14H17N5. The van der Waals surface area contributed by atoms with E-state index >= 15 is 0 Å². The van der Waals surface area contributed by atoms with Gasteiger partial charge in [-0.05, 0) is 24.5 Å². The molecule has 1 aliphatic rings. The minimum atomic E-state index is 0.353. The van der Waals surface area contributed by atoms with Crippen molar-refractivity contribution in [3.63, 3.8) is 0 Å². The van der Waals surface area contributed by atoms with E-state index in [1.807, 2.05) is 18.5 Å². The second-order valence-electron chi connectivity index (χ2n) is 4.71. The SMILES string of the molecule is NCc1cnc(N2CCCC2c2cccnc2)cn1. The molecule has 1 saturated heterocycles. The second kappa shape index (κ2) is 5.32. The van der Waals surface area contributed by atoms with Gasteiger partial charge in [0, 0.05) is 25.5 Å². The van der Waals surface area contributed by atoms with Gasteiger partial charge in [-0.1, -0.05) is 6.07 Å². The standard InChI is InChI=1S/C14H17N5/c15-7-12-9-18-14(10-17-12)19-6-2-4-13(19)11-3-1-5-16-8-11/h1,3,5,8-10,13H,2,4,6-7,15H2. The van der Waals surface area contributed by atoms with Crippen LogP contribution in [0.1, 0.15) is 30.1 Å². The molecule has 2 N–H and O–H groups in total. The lowest BCUT2D eigenvalue weighted by Gasteiger charge is -2.25. The van der Waals surface area contributed by atoms with Crippen LogP contribution in [0.2, 0.25) is 0 Å². The van der Waals surface area contributed by atoms with Gasteiger partial charge in [-0.2, -0.15) is 0 Å². The second-order valence-corrected chi connectivity index (χ2v) is 4.71. The summed E-state index contributed by atoms with van der Waals surface area (Å²) in [6.07, 6.45) is 9.61. The molecular weight excluding hydrogens is 238 g/mol. The van der Waals surface area contributed by atoms with Gasteiger partial charge in [0.1, 0.15) is 5.82 Å². The van der Waals surface area contributed by atoms with Crippen LogP contribution in [0.15, 0.2) is 36.9 Å². The molecule has 0 bridgehead atoms. The van der Waals surface area contributed by atoms with Gasteiger partial charge < -0.3 is 10.6 Å². The predicted molar refractivity (Wildman–Crippen MR) is 73.5 cm³/mol. The third-order valence-corrected chi connectivity index (χ3v) is 3.52. The Bertz CT molecular complexity index is 525. The molecule has 1 aliphatic heterocycles. The fourth-order valence-corrected chi connectivity index (χ4v) is 2.56. The Labute approximate surface area is 112 Å². The van der Waals surface area contributed by atoms with E-state index in [-0.39, 0.29) is 0 Å². The average molecular weight is 255 g/mol. The first-order valence-electron chi connectivity index (χ1n) is 6.56. The minimum absolute atomic E-state index is 0.353. The highest BCUT2D eigenvalue weighted by Crippen LogP contribution is 2.34. The number of nitrogens with zero attached hydrogens (tertiary/aromatic N) is 4. The number of rotatable bonds is 3. The van der Waals surface area contributed by atoms with Crippen molar-refractivity contribution in [3.05, 3.63) is 48.2 Å². The van der Waals surface area contributed by atoms with Crippen LogP contribution in [0, 0.1) is 0 Å². The van der Waals surface area contributed by atoms with Crippen molar-refractivity contribution in [1.82, 2.24) is 15.0 Å². The van der Waals surface area contributed by atoms with Crippen LogP contribution >= 0.6 is 0 Å². The van der Waals surface area contributed by atoms with Crippen molar-refractivity contribution >= 4 is 5.82 Å². The van der Waals surface area contributed by atoms with Crippen LogP contribution in [0.3, 0.4) is 0 Å². The van der Waals surface area contributed by atoms with Gasteiger partial charge in [-0.15, -0.1) is 0 Å². The van der Waals surface area contributed by atoms with Crippen molar-refractivity contribution in [1.29, 1.82) is 0 Å². The van der Waals surface area contributed by atoms with Crippen molar-refractivity contribution in [2.75, 3.05) is 11.4 Å². The maximum Gasteiger partial charge on any atom is 0.147 e. The molecule has 5 nitrogen and oxygen atoms in total. The van der Waals surface area contributed by atoms with Crippen LogP contribution in [0.4, 0.5) is 5.82 Å². The van der Waals surface area contributed by atoms with E-state index < -0.39 is 0 Å². The van der Waals surface area contributed by atoms with Gasteiger partial charge in [0.2, 0.25) is 0 Å². The number of hydrogen-bond donors (Lipinski definition) is 1. The Balaban J connectivity index is 1.86. The fourth-order valence-electron chi connectivity index (χ4n) is 2.56. The molecule has 0 saturated carbocycles. The zero-order valence-electron chi connectivity index (χ0n) is 10.7. The van der Waals surface area contributed by atoms with Crippen molar-refractivity contribution in [3.8, 4) is 0 Å². The Morgan fingerprint density at radius 2 is 2.21 bits per heavy atom. The zero-order chi connectivity index (χ0) is 13.1. The first-order valence-corrected chi connectivity index (χ1v) is 6.56. The van der Waals surface area contributed by atoms with E-state index in [1.54, 1.807) is 12.4 Å². The first kappa shape index (κ1) is 12.0. The highest BCUT2D eigenvalue weighted by Gasteiger charge is 2.27. The predicted octanol–water partition coefficient (Wildman–Crippen LogP) is 1.67. The van der Waals surface area contributed by atoms with Gasteiger partial charge in [0.25, 0.3) is 0 Å². The molecule has 5 heteroatoms. The molecule has 3 rings (SSSR count). The fraction of sp³-hybridized carbons (Fsp3) is 0.357. The van der Waals surface area contributed by atoms with Crippen molar-refractivity contribution in [2.45, 2.75) is 25.4 Å². The monoisotopic (exact) mass is 255 g/mol. The molecule has 0 amide bonds. The molecule has 1 fully saturated rings. The van der Waals surface area contributed by atoms with Crippen molar-refractivity contribution in [2.24, 2.45) is 5.73 Å². The summed E-state index contributed by atoms with van der Waals surface area (Å²) in [5.41, 5.74) is 7.61. The molecule has 1 unspecified atom stereocenters. The van der Waals surface area contributed by atoms with E-state index in [9.17, 15) is 0 Å². The third kappa shape index (κ3) is 2.42. The van der Waals surface area contributed by atoms with E-state index in [4.69, 9.17) is 5.73 Å². The maximum atomic E-state index is 5.55. The molecule has 0 spiro atoms. The first-order chi connectivity index (χ1) is 9.38. The summed E-state index contributed by atoms with van der Waals surface area (Å²) in [7, 11) is 0. The number of anilines is 1. The van der Waals surface area contributed by atoms with Gasteiger partial charge in [-0.3, -0.25) is 9.97 Å². The molecule has 0 radical (unpaired) electrons. The topological polar surface area (TPSA) is 67.9 Å². The number of nitrogens with two attached hydrogens (primary N) is 1. The van der Waals surface area contributed by atoms with Gasteiger partial charge in [0.15, 0.2) is 0 Å². The zero-order valence-corrected chi connectivity index (χ0v) is 10.7. The van der Waals surface area contributed by atoms with E-state index in [1.165, 1.54) is 12.0 Å². The van der Waals surface area contributed by atoms with Crippen molar-refractivity contribution < 1.29 is 0 Å². The summed E-state index contributed by atoms with van der Waals surface area (Å²) in [6.45, 7) is 1.44. The highest BCUT2D eigenvalue weighted by atomic mass is 15.2. The van der Waals surface area contributed by atoms with E-state index in [0.29, 0.717) is 12.6 Å². The summed E-state index contributed by atoms with van der Waals surface area (Å²) < 4.78 is 0. The molecule has 98 valence electrons. The minimum Gasteiger partial charge on any atom is -0.348 e. The molecule has 2 aromatic rings. The lowest BCUT2D eigenvalue weighted by Crippen LogP contribution is -2.24. The molecule has 2 aromatic heterocycles. The van der Waals surface area contributed by atoms with Gasteiger partial charge >= 0.3 is 0 Å². The lowest BCUT2D eigenvalue weighted by atomic mass is 10.1. The Hall–Kier alpha value is -2.01. The maximum absolute atomic E-state index is 5.55. The van der Waals surface area contributed by atoms with Crippen LogP contribution in [0.25, 0.3) is 0 Å². The smallest absolute Gasteiger partial charge is 0.147 e. The average Bonchev–Trinajstić information content (AvgIpc) is 2.98. The summed E-state index contributed by atoms with van der Waals surface area (Å²) >= 11 is 0. The van der Waals surface area contributed by atoms with E-state index in [0.717, 1.165) is 24.5 Å². The van der Waals surface area contributed by atoms with Crippen LogP contribution in [-0.4, -0.2) is 21.5 Å². The Kier molecular flexibility index (Phi) is 3.37. The normalized spacial score (nSPS) is 18.8. The quantitative estimate of drug-likeness (QED) is 0.903. The molecule has 0 aliphatic carbocycles.